The largest absolute Gasteiger partial charge is 0.383 e. The second kappa shape index (κ2) is 5.98. The molecule has 104 valence electrons. The average molecular weight is 289 g/mol. The lowest BCUT2D eigenvalue weighted by molar-refractivity contribution is 0.609. The Balaban J connectivity index is 2.36. The minimum Gasteiger partial charge on any atom is -0.383 e. The molecule has 1 aromatic carbocycles. The number of hydrogen-bond acceptors (Lipinski definition) is 3. The van der Waals surface area contributed by atoms with Crippen molar-refractivity contribution in [1.82, 2.24) is 9.78 Å². The van der Waals surface area contributed by atoms with Gasteiger partial charge in [0, 0.05) is 5.02 Å². The van der Waals surface area contributed by atoms with E-state index in [0.29, 0.717) is 28.9 Å². The Kier molecular flexibility index (Phi) is 4.31. The van der Waals surface area contributed by atoms with Crippen molar-refractivity contribution in [2.45, 2.75) is 26.8 Å². The second-order valence-electron chi connectivity index (χ2n) is 5.17. The molecular weight excluding hydrogens is 272 g/mol. The van der Waals surface area contributed by atoms with Crippen LogP contribution in [0.15, 0.2) is 24.3 Å². The third-order valence-corrected chi connectivity index (χ3v) is 3.42. The summed E-state index contributed by atoms with van der Waals surface area (Å²) in [6.07, 6.45) is 0.739. The van der Waals surface area contributed by atoms with Gasteiger partial charge in [-0.2, -0.15) is 10.4 Å². The predicted molar refractivity (Wildman–Crippen MR) is 80.5 cm³/mol. The molecule has 1 heterocycles. The van der Waals surface area contributed by atoms with Gasteiger partial charge < -0.3 is 5.73 Å². The van der Waals surface area contributed by atoms with Gasteiger partial charge in [0.2, 0.25) is 0 Å². The van der Waals surface area contributed by atoms with Gasteiger partial charge in [-0.05, 0) is 24.0 Å². The molecule has 0 radical (unpaired) electrons. The van der Waals surface area contributed by atoms with Crippen molar-refractivity contribution in [2.75, 3.05) is 5.73 Å². The standard InChI is InChI=1S/C15H17ClN4/c1-10(2)7-14-12(8-17)15(18)20(19-14)9-11-5-3-4-6-13(11)16/h3-6,10H,7,9,18H2,1-2H3. The van der Waals surface area contributed by atoms with Crippen LogP contribution < -0.4 is 5.73 Å². The number of nitrogen functional groups attached to an aromatic ring is 1. The van der Waals surface area contributed by atoms with E-state index in [-0.39, 0.29) is 0 Å². The van der Waals surface area contributed by atoms with E-state index in [1.807, 2.05) is 24.3 Å². The van der Waals surface area contributed by atoms with E-state index in [4.69, 9.17) is 17.3 Å². The lowest BCUT2D eigenvalue weighted by Gasteiger charge is -2.06. The number of benzene rings is 1. The van der Waals surface area contributed by atoms with E-state index in [2.05, 4.69) is 25.0 Å². The van der Waals surface area contributed by atoms with E-state index >= 15 is 0 Å². The maximum Gasteiger partial charge on any atom is 0.140 e. The quantitative estimate of drug-likeness (QED) is 0.939. The summed E-state index contributed by atoms with van der Waals surface area (Å²) in [7, 11) is 0. The molecule has 0 bridgehead atoms. The van der Waals surface area contributed by atoms with Crippen LogP contribution in [0.2, 0.25) is 5.02 Å². The van der Waals surface area contributed by atoms with Gasteiger partial charge in [-0.3, -0.25) is 0 Å². The Labute approximate surface area is 123 Å². The van der Waals surface area contributed by atoms with Gasteiger partial charge in [-0.15, -0.1) is 0 Å². The van der Waals surface area contributed by atoms with Crippen molar-refractivity contribution in [3.63, 3.8) is 0 Å². The minimum atomic E-state index is 0.406. The highest BCUT2D eigenvalue weighted by Crippen LogP contribution is 2.22. The van der Waals surface area contributed by atoms with Crippen molar-refractivity contribution in [3.05, 3.63) is 46.1 Å². The lowest BCUT2D eigenvalue weighted by Crippen LogP contribution is -2.07. The molecular formula is C15H17ClN4. The molecule has 0 amide bonds. The second-order valence-corrected chi connectivity index (χ2v) is 5.57. The normalized spacial score (nSPS) is 10.8. The topological polar surface area (TPSA) is 67.6 Å². The zero-order valence-corrected chi connectivity index (χ0v) is 12.4. The summed E-state index contributed by atoms with van der Waals surface area (Å²) in [5, 5.41) is 14.4. The lowest BCUT2D eigenvalue weighted by atomic mass is 10.1. The Morgan fingerprint density at radius 2 is 2.10 bits per heavy atom. The van der Waals surface area contributed by atoms with Gasteiger partial charge in [0.25, 0.3) is 0 Å². The van der Waals surface area contributed by atoms with Crippen molar-refractivity contribution in [2.24, 2.45) is 5.92 Å². The first-order chi connectivity index (χ1) is 9.52. The van der Waals surface area contributed by atoms with Crippen LogP contribution in [0.3, 0.4) is 0 Å². The monoisotopic (exact) mass is 288 g/mol. The van der Waals surface area contributed by atoms with Gasteiger partial charge in [-0.25, -0.2) is 4.68 Å². The zero-order chi connectivity index (χ0) is 14.7. The molecule has 4 nitrogen and oxygen atoms in total. The molecule has 5 heteroatoms. The molecule has 0 aliphatic heterocycles. The van der Waals surface area contributed by atoms with Gasteiger partial charge in [0.15, 0.2) is 0 Å². The zero-order valence-electron chi connectivity index (χ0n) is 11.6. The van der Waals surface area contributed by atoms with E-state index in [1.165, 1.54) is 0 Å². The fourth-order valence-electron chi connectivity index (χ4n) is 2.09. The third kappa shape index (κ3) is 2.94. The van der Waals surface area contributed by atoms with Gasteiger partial charge in [-0.1, -0.05) is 43.6 Å². The molecule has 0 fully saturated rings. The van der Waals surface area contributed by atoms with Crippen molar-refractivity contribution < 1.29 is 0 Å². The molecule has 0 aliphatic carbocycles. The van der Waals surface area contributed by atoms with Crippen LogP contribution in [0.4, 0.5) is 5.82 Å². The molecule has 20 heavy (non-hydrogen) atoms. The Morgan fingerprint density at radius 1 is 1.40 bits per heavy atom. The van der Waals surface area contributed by atoms with Crippen LogP contribution >= 0.6 is 11.6 Å². The highest BCUT2D eigenvalue weighted by molar-refractivity contribution is 6.31. The Bertz CT molecular complexity index is 652. The SMILES string of the molecule is CC(C)Cc1nn(Cc2ccccc2Cl)c(N)c1C#N. The van der Waals surface area contributed by atoms with E-state index in [0.717, 1.165) is 17.7 Å². The maximum absolute atomic E-state index is 9.24. The minimum absolute atomic E-state index is 0.406. The van der Waals surface area contributed by atoms with Crippen LogP contribution in [-0.2, 0) is 13.0 Å². The Morgan fingerprint density at radius 3 is 2.70 bits per heavy atom. The first-order valence-corrected chi connectivity index (χ1v) is 6.89. The smallest absolute Gasteiger partial charge is 0.140 e. The molecule has 0 atom stereocenters. The molecule has 1 aromatic heterocycles. The van der Waals surface area contributed by atoms with Crippen LogP contribution in [0, 0.1) is 17.2 Å². The number of nitrogens with zero attached hydrogens (tertiary/aromatic N) is 3. The molecule has 2 N–H and O–H groups in total. The van der Waals surface area contributed by atoms with Crippen molar-refractivity contribution >= 4 is 17.4 Å². The van der Waals surface area contributed by atoms with Crippen molar-refractivity contribution in [1.29, 1.82) is 5.26 Å². The molecule has 0 aliphatic rings. The molecule has 0 spiro atoms. The number of anilines is 1. The maximum atomic E-state index is 9.24. The fraction of sp³-hybridized carbons (Fsp3) is 0.333. The summed E-state index contributed by atoms with van der Waals surface area (Å²) >= 11 is 6.14. The van der Waals surface area contributed by atoms with Crippen LogP contribution in [-0.4, -0.2) is 9.78 Å². The van der Waals surface area contributed by atoms with Gasteiger partial charge in [0.05, 0.1) is 12.2 Å². The first-order valence-electron chi connectivity index (χ1n) is 6.51. The number of hydrogen-bond donors (Lipinski definition) is 1. The third-order valence-electron chi connectivity index (χ3n) is 3.06. The summed E-state index contributed by atoms with van der Waals surface area (Å²) in [4.78, 5) is 0. The first kappa shape index (κ1) is 14.4. The predicted octanol–water partition coefficient (Wildman–Crippen LogP) is 3.24. The Hall–Kier alpha value is -1.99. The number of rotatable bonds is 4. The molecule has 2 rings (SSSR count). The van der Waals surface area contributed by atoms with Crippen molar-refractivity contribution in [3.8, 4) is 6.07 Å². The van der Waals surface area contributed by atoms with Gasteiger partial charge >= 0.3 is 0 Å². The highest BCUT2D eigenvalue weighted by Gasteiger charge is 2.16. The summed E-state index contributed by atoms with van der Waals surface area (Å²) in [5.41, 5.74) is 8.19. The highest BCUT2D eigenvalue weighted by atomic mass is 35.5. The van der Waals surface area contributed by atoms with Crippen LogP contribution in [0.5, 0.6) is 0 Å². The molecule has 0 saturated heterocycles. The van der Waals surface area contributed by atoms with Gasteiger partial charge in [0.1, 0.15) is 17.5 Å². The van der Waals surface area contributed by atoms with Crippen LogP contribution in [0.25, 0.3) is 0 Å². The fourth-order valence-corrected chi connectivity index (χ4v) is 2.28. The molecule has 0 unspecified atom stereocenters. The van der Waals surface area contributed by atoms with E-state index < -0.39 is 0 Å². The van der Waals surface area contributed by atoms with E-state index in [9.17, 15) is 5.26 Å². The summed E-state index contributed by atoms with van der Waals surface area (Å²) in [6.45, 7) is 4.65. The number of halogens is 1. The van der Waals surface area contributed by atoms with E-state index in [1.54, 1.807) is 4.68 Å². The summed E-state index contributed by atoms with van der Waals surface area (Å²) in [6, 6.07) is 9.70. The molecule has 0 saturated carbocycles. The number of nitriles is 1. The van der Waals surface area contributed by atoms with Crippen LogP contribution in [0.1, 0.15) is 30.7 Å². The summed E-state index contributed by atoms with van der Waals surface area (Å²) < 4.78 is 1.65. The molecule has 2 aromatic rings. The average Bonchev–Trinajstić information content (AvgIpc) is 2.67. The number of nitrogens with two attached hydrogens (primary N) is 1. The number of aromatic nitrogens is 2. The summed E-state index contributed by atoms with van der Waals surface area (Å²) in [5.74, 6) is 0.827.